The summed E-state index contributed by atoms with van der Waals surface area (Å²) in [5, 5.41) is 8.62. The molecule has 0 heterocycles. The molecule has 0 radical (unpaired) electrons. The van der Waals surface area contributed by atoms with Gasteiger partial charge in [-0.2, -0.15) is 0 Å². The van der Waals surface area contributed by atoms with E-state index < -0.39 is 5.97 Å². The molecule has 1 rings (SSSR count). The number of carbonyl (C=O) groups is 1. The molecule has 0 spiro atoms. The zero-order valence-corrected chi connectivity index (χ0v) is 7.42. The third kappa shape index (κ3) is 2.52. The summed E-state index contributed by atoms with van der Waals surface area (Å²) in [7, 11) is 0. The normalized spacial score (nSPS) is 30.1. The number of aliphatic carboxylic acids is 1. The SMILES string of the molecule is CC(C)(C)C[C@H]1C[C@@H]1C(=O)O. The van der Waals surface area contributed by atoms with Crippen molar-refractivity contribution in [2.75, 3.05) is 0 Å². The van der Waals surface area contributed by atoms with Crippen molar-refractivity contribution in [3.05, 3.63) is 0 Å². The molecular weight excluding hydrogens is 140 g/mol. The van der Waals surface area contributed by atoms with E-state index in [-0.39, 0.29) is 11.3 Å². The Hall–Kier alpha value is -0.530. The smallest absolute Gasteiger partial charge is 0.306 e. The van der Waals surface area contributed by atoms with E-state index in [9.17, 15) is 4.79 Å². The highest BCUT2D eigenvalue weighted by molar-refractivity contribution is 5.73. The van der Waals surface area contributed by atoms with E-state index in [1.165, 1.54) is 0 Å². The third-order valence-electron chi connectivity index (χ3n) is 2.11. The summed E-state index contributed by atoms with van der Waals surface area (Å²) in [6, 6.07) is 0. The standard InChI is InChI=1S/C9H16O2/c1-9(2,3)5-6-4-7(6)8(10)11/h6-7H,4-5H2,1-3H3,(H,10,11)/t6-,7+/m1/s1. The van der Waals surface area contributed by atoms with Crippen molar-refractivity contribution in [3.8, 4) is 0 Å². The van der Waals surface area contributed by atoms with Crippen molar-refractivity contribution in [1.82, 2.24) is 0 Å². The molecule has 2 nitrogen and oxygen atoms in total. The van der Waals surface area contributed by atoms with E-state index in [0.29, 0.717) is 5.92 Å². The molecule has 64 valence electrons. The number of carboxylic acid groups (broad SMARTS) is 1. The first-order valence-electron chi connectivity index (χ1n) is 4.13. The predicted octanol–water partition coefficient (Wildman–Crippen LogP) is 2.14. The molecule has 2 atom stereocenters. The van der Waals surface area contributed by atoms with Crippen molar-refractivity contribution < 1.29 is 9.90 Å². The maximum Gasteiger partial charge on any atom is 0.306 e. The van der Waals surface area contributed by atoms with E-state index in [0.717, 1.165) is 12.8 Å². The molecule has 1 N–H and O–H groups in total. The van der Waals surface area contributed by atoms with Gasteiger partial charge in [0.1, 0.15) is 0 Å². The lowest BCUT2D eigenvalue weighted by molar-refractivity contribution is -0.138. The van der Waals surface area contributed by atoms with Crippen LogP contribution in [0.5, 0.6) is 0 Å². The Balaban J connectivity index is 2.29. The van der Waals surface area contributed by atoms with E-state index >= 15 is 0 Å². The average molecular weight is 156 g/mol. The van der Waals surface area contributed by atoms with Crippen LogP contribution >= 0.6 is 0 Å². The lowest BCUT2D eigenvalue weighted by Gasteiger charge is -2.17. The second-order valence-electron chi connectivity index (χ2n) is 4.71. The first-order chi connectivity index (χ1) is 4.90. The largest absolute Gasteiger partial charge is 0.481 e. The molecule has 1 aliphatic carbocycles. The molecule has 1 fully saturated rings. The van der Waals surface area contributed by atoms with Gasteiger partial charge in [-0.05, 0) is 24.2 Å². The van der Waals surface area contributed by atoms with Crippen LogP contribution in [-0.4, -0.2) is 11.1 Å². The number of carboxylic acids is 1. The van der Waals surface area contributed by atoms with Gasteiger partial charge in [-0.3, -0.25) is 4.79 Å². The fourth-order valence-corrected chi connectivity index (χ4v) is 1.56. The van der Waals surface area contributed by atoms with Crippen LogP contribution in [0.1, 0.15) is 33.6 Å². The highest BCUT2D eigenvalue weighted by atomic mass is 16.4. The molecule has 1 aliphatic rings. The van der Waals surface area contributed by atoms with Gasteiger partial charge in [0.15, 0.2) is 0 Å². The Kier molecular flexibility index (Phi) is 1.95. The van der Waals surface area contributed by atoms with Gasteiger partial charge in [0.2, 0.25) is 0 Å². The number of rotatable bonds is 2. The Bertz CT molecular complexity index is 167. The molecule has 0 aromatic carbocycles. The Morgan fingerprint density at radius 3 is 2.36 bits per heavy atom. The molecule has 1 saturated carbocycles. The van der Waals surface area contributed by atoms with E-state index in [2.05, 4.69) is 20.8 Å². The summed E-state index contributed by atoms with van der Waals surface area (Å²) < 4.78 is 0. The second kappa shape index (κ2) is 2.50. The van der Waals surface area contributed by atoms with Gasteiger partial charge in [0, 0.05) is 0 Å². The van der Waals surface area contributed by atoms with Gasteiger partial charge in [0.25, 0.3) is 0 Å². The fraction of sp³-hybridized carbons (Fsp3) is 0.889. The maximum absolute atomic E-state index is 10.5. The summed E-state index contributed by atoms with van der Waals surface area (Å²) in [6.07, 6.45) is 1.94. The lowest BCUT2D eigenvalue weighted by atomic mass is 9.89. The van der Waals surface area contributed by atoms with Crippen LogP contribution in [0.3, 0.4) is 0 Å². The summed E-state index contributed by atoms with van der Waals surface area (Å²) in [5.41, 5.74) is 0.287. The minimum absolute atomic E-state index is 0.0331. The van der Waals surface area contributed by atoms with Gasteiger partial charge < -0.3 is 5.11 Å². The van der Waals surface area contributed by atoms with Gasteiger partial charge in [-0.25, -0.2) is 0 Å². The van der Waals surface area contributed by atoms with Gasteiger partial charge in [0.05, 0.1) is 5.92 Å². The first kappa shape index (κ1) is 8.57. The first-order valence-corrected chi connectivity index (χ1v) is 4.13. The summed E-state index contributed by atoms with van der Waals surface area (Å²) in [5.74, 6) is -0.194. The highest BCUT2D eigenvalue weighted by Gasteiger charge is 2.44. The minimum atomic E-state index is -0.612. The van der Waals surface area contributed by atoms with E-state index in [4.69, 9.17) is 5.11 Å². The molecule has 0 aromatic rings. The molecule has 0 bridgehead atoms. The van der Waals surface area contributed by atoms with E-state index in [1.807, 2.05) is 0 Å². The van der Waals surface area contributed by atoms with Crippen LogP contribution in [0.4, 0.5) is 0 Å². The Labute approximate surface area is 67.6 Å². The lowest BCUT2D eigenvalue weighted by Crippen LogP contribution is -2.08. The van der Waals surface area contributed by atoms with Crippen LogP contribution in [0.25, 0.3) is 0 Å². The molecule has 0 aliphatic heterocycles. The van der Waals surface area contributed by atoms with Crippen molar-refractivity contribution >= 4 is 5.97 Å². The summed E-state index contributed by atoms with van der Waals surface area (Å²) in [4.78, 5) is 10.5. The highest BCUT2D eigenvalue weighted by Crippen LogP contribution is 2.46. The van der Waals surface area contributed by atoms with Crippen molar-refractivity contribution in [2.24, 2.45) is 17.3 Å². The van der Waals surface area contributed by atoms with Crippen LogP contribution < -0.4 is 0 Å². The van der Waals surface area contributed by atoms with Crippen LogP contribution in [-0.2, 0) is 4.79 Å². The Morgan fingerprint density at radius 1 is 1.55 bits per heavy atom. The van der Waals surface area contributed by atoms with Crippen LogP contribution in [0, 0.1) is 17.3 Å². The monoisotopic (exact) mass is 156 g/mol. The molecular formula is C9H16O2. The quantitative estimate of drug-likeness (QED) is 0.665. The molecule has 2 heteroatoms. The number of hydrogen-bond donors (Lipinski definition) is 1. The molecule has 0 unspecified atom stereocenters. The molecule has 11 heavy (non-hydrogen) atoms. The minimum Gasteiger partial charge on any atom is -0.481 e. The third-order valence-corrected chi connectivity index (χ3v) is 2.11. The number of hydrogen-bond acceptors (Lipinski definition) is 1. The predicted molar refractivity (Wildman–Crippen MR) is 43.3 cm³/mol. The zero-order valence-electron chi connectivity index (χ0n) is 7.42. The van der Waals surface area contributed by atoms with Crippen LogP contribution in [0.2, 0.25) is 0 Å². The van der Waals surface area contributed by atoms with Crippen molar-refractivity contribution in [3.63, 3.8) is 0 Å². The average Bonchev–Trinajstić information content (AvgIpc) is 2.40. The van der Waals surface area contributed by atoms with Crippen LogP contribution in [0.15, 0.2) is 0 Å². The van der Waals surface area contributed by atoms with Gasteiger partial charge >= 0.3 is 5.97 Å². The fourth-order valence-electron chi connectivity index (χ4n) is 1.56. The van der Waals surface area contributed by atoms with Crippen molar-refractivity contribution in [1.29, 1.82) is 0 Å². The molecule has 0 aromatic heterocycles. The molecule has 0 saturated heterocycles. The maximum atomic E-state index is 10.5. The van der Waals surface area contributed by atoms with Gasteiger partial charge in [-0.15, -0.1) is 0 Å². The van der Waals surface area contributed by atoms with E-state index in [1.54, 1.807) is 0 Å². The Morgan fingerprint density at radius 2 is 2.09 bits per heavy atom. The zero-order chi connectivity index (χ0) is 8.65. The topological polar surface area (TPSA) is 37.3 Å². The summed E-state index contributed by atoms with van der Waals surface area (Å²) in [6.45, 7) is 6.47. The van der Waals surface area contributed by atoms with Crippen molar-refractivity contribution in [2.45, 2.75) is 33.6 Å². The second-order valence-corrected chi connectivity index (χ2v) is 4.71. The molecule has 0 amide bonds. The summed E-state index contributed by atoms with van der Waals surface area (Å²) >= 11 is 0. The van der Waals surface area contributed by atoms with Gasteiger partial charge in [-0.1, -0.05) is 20.8 Å².